The Morgan fingerprint density at radius 2 is 2.17 bits per heavy atom. The number of aromatic nitrogens is 1. The molecular formula is C13H16N2O2S. The van der Waals surface area contributed by atoms with E-state index in [-0.39, 0.29) is 11.5 Å². The Bertz CT molecular complexity index is 525. The normalized spacial score (nSPS) is 10.7. The van der Waals surface area contributed by atoms with E-state index < -0.39 is 0 Å². The highest BCUT2D eigenvalue weighted by Crippen LogP contribution is 2.27. The van der Waals surface area contributed by atoms with E-state index in [4.69, 9.17) is 0 Å². The van der Waals surface area contributed by atoms with Crippen molar-refractivity contribution in [2.75, 3.05) is 6.54 Å². The van der Waals surface area contributed by atoms with Gasteiger partial charge in [-0.05, 0) is 13.0 Å². The van der Waals surface area contributed by atoms with E-state index in [1.165, 1.54) is 6.07 Å². The molecule has 0 radical (unpaired) electrons. The molecule has 0 unspecified atom stereocenters. The lowest BCUT2D eigenvalue weighted by Gasteiger charge is -2.07. The number of para-hydroxylation sites is 1. The molecule has 1 aromatic carbocycles. The molecule has 1 aromatic heterocycles. The third-order valence-corrected chi connectivity index (χ3v) is 3.62. The minimum absolute atomic E-state index is 0.0462. The second-order valence-electron chi connectivity index (χ2n) is 4.09. The zero-order chi connectivity index (χ0) is 13.0. The molecule has 3 N–H and O–H groups in total. The zero-order valence-corrected chi connectivity index (χ0v) is 11.0. The van der Waals surface area contributed by atoms with Crippen LogP contribution in [-0.4, -0.2) is 21.7 Å². The third kappa shape index (κ3) is 3.21. The highest BCUT2D eigenvalue weighted by molar-refractivity contribution is 7.09. The van der Waals surface area contributed by atoms with E-state index in [1.54, 1.807) is 23.5 Å². The maximum atomic E-state index is 9.62. The molecule has 0 atom stereocenters. The average molecular weight is 264 g/mol. The molecular weight excluding hydrogens is 248 g/mol. The first-order valence-electron chi connectivity index (χ1n) is 5.78. The van der Waals surface area contributed by atoms with Crippen molar-refractivity contribution in [1.29, 1.82) is 0 Å². The molecule has 0 spiro atoms. The molecule has 0 saturated carbocycles. The van der Waals surface area contributed by atoms with E-state index in [0.717, 1.165) is 23.7 Å². The summed E-state index contributed by atoms with van der Waals surface area (Å²) in [6.45, 7) is 3.31. The lowest BCUT2D eigenvalue weighted by Crippen LogP contribution is -2.16. The first-order valence-corrected chi connectivity index (χ1v) is 6.66. The lowest BCUT2D eigenvalue weighted by molar-refractivity contribution is 0.398. The number of thiazole rings is 1. The highest BCUT2D eigenvalue weighted by atomic mass is 32.1. The molecule has 2 aromatic rings. The van der Waals surface area contributed by atoms with Gasteiger partial charge in [0.1, 0.15) is 0 Å². The Labute approximate surface area is 110 Å². The minimum Gasteiger partial charge on any atom is -0.504 e. The predicted molar refractivity (Wildman–Crippen MR) is 72.0 cm³/mol. The second kappa shape index (κ2) is 5.84. The Balaban J connectivity index is 1.80. The van der Waals surface area contributed by atoms with Crippen LogP contribution < -0.4 is 5.32 Å². The summed E-state index contributed by atoms with van der Waals surface area (Å²) in [5, 5.41) is 25.3. The summed E-state index contributed by atoms with van der Waals surface area (Å²) < 4.78 is 0. The summed E-state index contributed by atoms with van der Waals surface area (Å²) in [4.78, 5) is 4.38. The molecule has 0 aliphatic carbocycles. The number of nitrogens with one attached hydrogen (secondary N) is 1. The van der Waals surface area contributed by atoms with Gasteiger partial charge in [-0.2, -0.15) is 0 Å². The molecule has 4 nitrogen and oxygen atoms in total. The molecule has 0 bridgehead atoms. The molecule has 96 valence electrons. The molecule has 0 aliphatic heterocycles. The van der Waals surface area contributed by atoms with Crippen LogP contribution in [0.4, 0.5) is 0 Å². The van der Waals surface area contributed by atoms with Crippen LogP contribution >= 0.6 is 11.3 Å². The van der Waals surface area contributed by atoms with Gasteiger partial charge in [0.2, 0.25) is 0 Å². The van der Waals surface area contributed by atoms with E-state index >= 15 is 0 Å². The van der Waals surface area contributed by atoms with Gasteiger partial charge in [0, 0.05) is 36.1 Å². The minimum atomic E-state index is -0.0788. The van der Waals surface area contributed by atoms with E-state index in [9.17, 15) is 10.2 Å². The van der Waals surface area contributed by atoms with Gasteiger partial charge in [0.25, 0.3) is 0 Å². The van der Waals surface area contributed by atoms with Crippen LogP contribution in [0.25, 0.3) is 0 Å². The molecule has 5 heteroatoms. The fourth-order valence-corrected chi connectivity index (χ4v) is 2.43. The quantitative estimate of drug-likeness (QED) is 0.572. The number of aromatic hydroxyl groups is 2. The zero-order valence-electron chi connectivity index (χ0n) is 10.2. The van der Waals surface area contributed by atoms with Gasteiger partial charge >= 0.3 is 0 Å². The summed E-state index contributed by atoms with van der Waals surface area (Å²) in [6.07, 6.45) is 0.873. The van der Waals surface area contributed by atoms with Crippen molar-refractivity contribution in [3.8, 4) is 11.5 Å². The van der Waals surface area contributed by atoms with Crippen LogP contribution in [0.15, 0.2) is 23.6 Å². The number of nitrogens with zero attached hydrogens (tertiary/aromatic N) is 1. The van der Waals surface area contributed by atoms with Crippen LogP contribution in [0.5, 0.6) is 11.5 Å². The number of rotatable bonds is 5. The fourth-order valence-electron chi connectivity index (χ4n) is 1.66. The van der Waals surface area contributed by atoms with Crippen molar-refractivity contribution < 1.29 is 10.2 Å². The van der Waals surface area contributed by atoms with Crippen LogP contribution in [-0.2, 0) is 13.0 Å². The van der Waals surface area contributed by atoms with Crippen LogP contribution in [0.3, 0.4) is 0 Å². The second-order valence-corrected chi connectivity index (χ2v) is 5.04. The molecule has 0 aliphatic rings. The van der Waals surface area contributed by atoms with Crippen LogP contribution in [0, 0.1) is 6.92 Å². The molecule has 0 fully saturated rings. The van der Waals surface area contributed by atoms with E-state index in [0.29, 0.717) is 12.1 Å². The van der Waals surface area contributed by atoms with Crippen LogP contribution in [0.2, 0.25) is 0 Å². The SMILES string of the molecule is Cc1csc(CCNCc2cccc(O)c2O)n1. The van der Waals surface area contributed by atoms with Gasteiger partial charge < -0.3 is 15.5 Å². The van der Waals surface area contributed by atoms with Gasteiger partial charge in [0.15, 0.2) is 11.5 Å². The van der Waals surface area contributed by atoms with Crippen molar-refractivity contribution in [1.82, 2.24) is 10.3 Å². The maximum Gasteiger partial charge on any atom is 0.161 e. The Morgan fingerprint density at radius 3 is 2.89 bits per heavy atom. The van der Waals surface area contributed by atoms with Crippen molar-refractivity contribution in [3.05, 3.63) is 39.8 Å². The molecule has 0 amide bonds. The number of hydrogen-bond donors (Lipinski definition) is 3. The third-order valence-electron chi connectivity index (χ3n) is 2.60. The summed E-state index contributed by atoms with van der Waals surface area (Å²) in [5.41, 5.74) is 1.76. The molecule has 2 rings (SSSR count). The molecule has 0 saturated heterocycles. The number of phenols is 2. The first-order chi connectivity index (χ1) is 8.66. The number of benzene rings is 1. The first kappa shape index (κ1) is 12.9. The van der Waals surface area contributed by atoms with E-state index in [2.05, 4.69) is 10.3 Å². The van der Waals surface area contributed by atoms with Crippen molar-refractivity contribution in [2.45, 2.75) is 19.9 Å². The maximum absolute atomic E-state index is 9.62. The lowest BCUT2D eigenvalue weighted by atomic mass is 10.2. The largest absolute Gasteiger partial charge is 0.504 e. The summed E-state index contributed by atoms with van der Waals surface area (Å²) >= 11 is 1.66. The number of phenolic OH excluding ortho intramolecular Hbond substituents is 2. The highest BCUT2D eigenvalue weighted by Gasteiger charge is 2.05. The Morgan fingerprint density at radius 1 is 1.33 bits per heavy atom. The molecule has 18 heavy (non-hydrogen) atoms. The monoisotopic (exact) mass is 264 g/mol. The number of hydrogen-bond acceptors (Lipinski definition) is 5. The van der Waals surface area contributed by atoms with Gasteiger partial charge in [-0.1, -0.05) is 12.1 Å². The number of aryl methyl sites for hydroxylation is 1. The van der Waals surface area contributed by atoms with Crippen molar-refractivity contribution in [3.63, 3.8) is 0 Å². The fraction of sp³-hybridized carbons (Fsp3) is 0.308. The topological polar surface area (TPSA) is 65.4 Å². The summed E-state index contributed by atoms with van der Waals surface area (Å²) in [7, 11) is 0. The Hall–Kier alpha value is -1.59. The van der Waals surface area contributed by atoms with Crippen molar-refractivity contribution in [2.24, 2.45) is 0 Å². The summed E-state index contributed by atoms with van der Waals surface area (Å²) in [5.74, 6) is -0.125. The van der Waals surface area contributed by atoms with Gasteiger partial charge in [-0.25, -0.2) is 4.98 Å². The van der Waals surface area contributed by atoms with Gasteiger partial charge in [-0.15, -0.1) is 11.3 Å². The average Bonchev–Trinajstić information content (AvgIpc) is 2.76. The van der Waals surface area contributed by atoms with E-state index in [1.807, 2.05) is 12.3 Å². The predicted octanol–water partition coefficient (Wildman–Crippen LogP) is 2.20. The Kier molecular flexibility index (Phi) is 4.17. The van der Waals surface area contributed by atoms with Crippen molar-refractivity contribution >= 4 is 11.3 Å². The smallest absolute Gasteiger partial charge is 0.161 e. The standard InChI is InChI=1S/C13H16N2O2S/c1-9-8-18-12(15-9)5-6-14-7-10-3-2-4-11(16)13(10)17/h2-4,8,14,16-17H,5-7H2,1H3. The molecule has 1 heterocycles. The van der Waals surface area contributed by atoms with Crippen LogP contribution in [0.1, 0.15) is 16.3 Å². The van der Waals surface area contributed by atoms with Gasteiger partial charge in [0.05, 0.1) is 5.01 Å². The van der Waals surface area contributed by atoms with Gasteiger partial charge in [-0.3, -0.25) is 0 Å². The summed E-state index contributed by atoms with van der Waals surface area (Å²) in [6, 6.07) is 4.98.